The van der Waals surface area contributed by atoms with Gasteiger partial charge >= 0.3 is 0 Å². The molecule has 1 aromatic carbocycles. The van der Waals surface area contributed by atoms with Crippen LogP contribution in [0.4, 0.5) is 8.78 Å². The number of rotatable bonds is 8. The second-order valence-electron chi connectivity index (χ2n) is 6.18. The third-order valence-electron chi connectivity index (χ3n) is 3.94. The quantitative estimate of drug-likeness (QED) is 0.431. The Balaban J connectivity index is 1.80. The Morgan fingerprint density at radius 1 is 1.19 bits per heavy atom. The molecule has 0 aliphatic rings. The molecule has 1 heterocycles. The van der Waals surface area contributed by atoms with Gasteiger partial charge in [0.05, 0.1) is 5.69 Å². The standard InChI is InChI=1S/C19H27F2N5/c1-4-22-19(23-9-5-11-26-15(3)12-14(2)25-26)24-10-8-16-13-17(20)6-7-18(16)21/h6-7,12-13H,4-5,8-11H2,1-3H3,(H2,22,23,24). The van der Waals surface area contributed by atoms with Gasteiger partial charge in [-0.3, -0.25) is 9.67 Å². The molecule has 7 heteroatoms. The first-order valence-electron chi connectivity index (χ1n) is 8.96. The zero-order valence-corrected chi connectivity index (χ0v) is 15.6. The molecule has 0 spiro atoms. The fourth-order valence-corrected chi connectivity index (χ4v) is 2.70. The highest BCUT2D eigenvalue weighted by molar-refractivity contribution is 5.79. The number of halogens is 2. The minimum atomic E-state index is -0.425. The average Bonchev–Trinajstić information content (AvgIpc) is 2.92. The molecule has 0 radical (unpaired) electrons. The molecular weight excluding hydrogens is 336 g/mol. The highest BCUT2D eigenvalue weighted by atomic mass is 19.1. The van der Waals surface area contributed by atoms with Gasteiger partial charge in [0, 0.05) is 31.9 Å². The number of nitrogens with zero attached hydrogens (tertiary/aromatic N) is 3. The van der Waals surface area contributed by atoms with Crippen LogP contribution in [0, 0.1) is 25.5 Å². The van der Waals surface area contributed by atoms with Gasteiger partial charge in [-0.1, -0.05) is 0 Å². The minimum Gasteiger partial charge on any atom is -0.357 e. The van der Waals surface area contributed by atoms with Crippen molar-refractivity contribution in [3.8, 4) is 0 Å². The minimum absolute atomic E-state index is 0.359. The maximum absolute atomic E-state index is 13.6. The average molecular weight is 363 g/mol. The van der Waals surface area contributed by atoms with Crippen LogP contribution in [-0.2, 0) is 13.0 Å². The fraction of sp³-hybridized carbons (Fsp3) is 0.474. The molecule has 0 atom stereocenters. The largest absolute Gasteiger partial charge is 0.357 e. The van der Waals surface area contributed by atoms with E-state index in [1.54, 1.807) is 0 Å². The number of nitrogens with one attached hydrogen (secondary N) is 2. The highest BCUT2D eigenvalue weighted by Crippen LogP contribution is 2.09. The van der Waals surface area contributed by atoms with E-state index in [1.165, 1.54) is 6.07 Å². The molecule has 2 rings (SSSR count). The highest BCUT2D eigenvalue weighted by Gasteiger charge is 2.05. The molecule has 26 heavy (non-hydrogen) atoms. The van der Waals surface area contributed by atoms with Crippen molar-refractivity contribution in [3.63, 3.8) is 0 Å². The first kappa shape index (κ1) is 19.9. The second-order valence-corrected chi connectivity index (χ2v) is 6.18. The van der Waals surface area contributed by atoms with E-state index < -0.39 is 5.82 Å². The van der Waals surface area contributed by atoms with Crippen molar-refractivity contribution < 1.29 is 8.78 Å². The lowest BCUT2D eigenvalue weighted by molar-refractivity contribution is 0.566. The van der Waals surface area contributed by atoms with Crippen molar-refractivity contribution in [3.05, 3.63) is 52.9 Å². The number of hydrogen-bond donors (Lipinski definition) is 2. The van der Waals surface area contributed by atoms with Crippen molar-refractivity contribution in [2.45, 2.75) is 40.2 Å². The Labute approximate surface area is 153 Å². The van der Waals surface area contributed by atoms with Crippen LogP contribution in [0.5, 0.6) is 0 Å². The molecule has 142 valence electrons. The molecule has 0 saturated heterocycles. The first-order chi connectivity index (χ1) is 12.5. The molecule has 2 aromatic rings. The van der Waals surface area contributed by atoms with Crippen LogP contribution in [0.1, 0.15) is 30.3 Å². The van der Waals surface area contributed by atoms with E-state index in [2.05, 4.69) is 26.8 Å². The summed E-state index contributed by atoms with van der Waals surface area (Å²) in [5, 5.41) is 10.7. The van der Waals surface area contributed by atoms with Gasteiger partial charge in [0.15, 0.2) is 5.96 Å². The Hall–Kier alpha value is -2.44. The normalized spacial score (nSPS) is 11.7. The molecule has 0 amide bonds. The summed E-state index contributed by atoms with van der Waals surface area (Å²) in [6.45, 7) is 8.69. The van der Waals surface area contributed by atoms with E-state index in [0.29, 0.717) is 31.0 Å². The molecule has 0 fully saturated rings. The summed E-state index contributed by atoms with van der Waals surface area (Å²) in [5.41, 5.74) is 2.53. The Morgan fingerprint density at radius 3 is 2.69 bits per heavy atom. The van der Waals surface area contributed by atoms with Gasteiger partial charge in [0.1, 0.15) is 11.6 Å². The lowest BCUT2D eigenvalue weighted by atomic mass is 10.1. The number of hydrogen-bond acceptors (Lipinski definition) is 2. The van der Waals surface area contributed by atoms with Crippen molar-refractivity contribution in [2.75, 3.05) is 19.6 Å². The van der Waals surface area contributed by atoms with Gasteiger partial charge in [-0.2, -0.15) is 5.10 Å². The first-order valence-corrected chi connectivity index (χ1v) is 8.96. The smallest absolute Gasteiger partial charge is 0.191 e. The topological polar surface area (TPSA) is 54.2 Å². The second kappa shape index (κ2) is 9.89. The molecule has 0 aliphatic heterocycles. The van der Waals surface area contributed by atoms with E-state index in [0.717, 1.165) is 43.0 Å². The summed E-state index contributed by atoms with van der Waals surface area (Å²) < 4.78 is 28.8. The van der Waals surface area contributed by atoms with Gasteiger partial charge < -0.3 is 10.6 Å². The molecule has 5 nitrogen and oxygen atoms in total. The van der Waals surface area contributed by atoms with Crippen LogP contribution in [-0.4, -0.2) is 35.4 Å². The van der Waals surface area contributed by atoms with Crippen LogP contribution < -0.4 is 10.6 Å². The van der Waals surface area contributed by atoms with Crippen molar-refractivity contribution in [1.29, 1.82) is 0 Å². The maximum Gasteiger partial charge on any atom is 0.191 e. The van der Waals surface area contributed by atoms with Crippen molar-refractivity contribution in [1.82, 2.24) is 20.4 Å². The predicted molar refractivity (Wildman–Crippen MR) is 100 cm³/mol. The SMILES string of the molecule is CCNC(=NCCCn1nc(C)cc1C)NCCc1cc(F)ccc1F. The van der Waals surface area contributed by atoms with Crippen LogP contribution >= 0.6 is 0 Å². The fourth-order valence-electron chi connectivity index (χ4n) is 2.70. The van der Waals surface area contributed by atoms with Crippen LogP contribution in [0.25, 0.3) is 0 Å². The van der Waals surface area contributed by atoms with Crippen LogP contribution in [0.2, 0.25) is 0 Å². The molecule has 1 aromatic heterocycles. The summed E-state index contributed by atoms with van der Waals surface area (Å²) in [7, 11) is 0. The lowest BCUT2D eigenvalue weighted by Crippen LogP contribution is -2.38. The summed E-state index contributed by atoms with van der Waals surface area (Å²) in [4.78, 5) is 4.52. The Morgan fingerprint density at radius 2 is 2.00 bits per heavy atom. The molecule has 0 aliphatic carbocycles. The summed E-state index contributed by atoms with van der Waals surface area (Å²) in [6, 6.07) is 5.57. The predicted octanol–water partition coefficient (Wildman–Crippen LogP) is 2.97. The van der Waals surface area contributed by atoms with Gasteiger partial charge in [0.2, 0.25) is 0 Å². The number of benzene rings is 1. The van der Waals surface area contributed by atoms with Crippen molar-refractivity contribution in [2.24, 2.45) is 4.99 Å². The van der Waals surface area contributed by atoms with Gasteiger partial charge in [0.25, 0.3) is 0 Å². The van der Waals surface area contributed by atoms with Gasteiger partial charge in [-0.05, 0) is 63.4 Å². The number of aromatic nitrogens is 2. The molecular formula is C19H27F2N5. The third kappa shape index (κ3) is 6.13. The Bertz CT molecular complexity index is 740. The zero-order chi connectivity index (χ0) is 18.9. The number of guanidine groups is 1. The monoisotopic (exact) mass is 363 g/mol. The summed E-state index contributed by atoms with van der Waals surface area (Å²) >= 11 is 0. The van der Waals surface area contributed by atoms with Crippen LogP contribution in [0.15, 0.2) is 29.3 Å². The Kier molecular flexibility index (Phi) is 7.56. The van der Waals surface area contributed by atoms with E-state index in [1.807, 2.05) is 25.5 Å². The molecule has 0 bridgehead atoms. The van der Waals surface area contributed by atoms with Crippen LogP contribution in [0.3, 0.4) is 0 Å². The van der Waals surface area contributed by atoms with E-state index in [4.69, 9.17) is 0 Å². The van der Waals surface area contributed by atoms with E-state index in [-0.39, 0.29) is 5.82 Å². The number of aryl methyl sites for hydroxylation is 3. The maximum atomic E-state index is 13.6. The molecule has 2 N–H and O–H groups in total. The van der Waals surface area contributed by atoms with E-state index in [9.17, 15) is 8.78 Å². The lowest BCUT2D eigenvalue weighted by Gasteiger charge is -2.12. The van der Waals surface area contributed by atoms with Gasteiger partial charge in [-0.25, -0.2) is 8.78 Å². The summed E-state index contributed by atoms with van der Waals surface area (Å²) in [5.74, 6) is -0.135. The number of aliphatic imine (C=N–C) groups is 1. The van der Waals surface area contributed by atoms with Gasteiger partial charge in [-0.15, -0.1) is 0 Å². The van der Waals surface area contributed by atoms with Crippen molar-refractivity contribution >= 4 is 5.96 Å². The molecule has 0 unspecified atom stereocenters. The molecule has 0 saturated carbocycles. The van der Waals surface area contributed by atoms with E-state index >= 15 is 0 Å². The third-order valence-corrected chi connectivity index (χ3v) is 3.94. The zero-order valence-electron chi connectivity index (χ0n) is 15.6. The summed E-state index contributed by atoms with van der Waals surface area (Å²) in [6.07, 6.45) is 1.26.